The summed E-state index contributed by atoms with van der Waals surface area (Å²) in [7, 11) is 0. The first-order valence-corrected chi connectivity index (χ1v) is 7.39. The standard InChI is InChI=1S/C14H15BrF3NO2/c15-11-3-4-12-10(8-11)2-1-6-19(12)13(20)5-7-21-9-14(16,17)18/h3-4,8H,1-2,5-7,9H2. The third kappa shape index (κ3) is 4.71. The molecule has 1 aromatic rings. The molecule has 1 heterocycles. The van der Waals surface area contributed by atoms with Crippen LogP contribution >= 0.6 is 15.9 Å². The van der Waals surface area contributed by atoms with E-state index in [2.05, 4.69) is 20.7 Å². The second-order valence-electron chi connectivity index (χ2n) is 4.84. The van der Waals surface area contributed by atoms with Gasteiger partial charge in [-0.05, 0) is 36.6 Å². The largest absolute Gasteiger partial charge is 0.411 e. The predicted octanol–water partition coefficient (Wildman–Crippen LogP) is 3.70. The van der Waals surface area contributed by atoms with Crippen LogP contribution in [0.3, 0.4) is 0 Å². The highest BCUT2D eigenvalue weighted by molar-refractivity contribution is 9.10. The molecule has 0 aliphatic carbocycles. The SMILES string of the molecule is O=C(CCOCC(F)(F)F)N1CCCc2cc(Br)ccc21. The number of carbonyl (C=O) groups is 1. The first-order valence-electron chi connectivity index (χ1n) is 6.60. The van der Waals surface area contributed by atoms with Crippen molar-refractivity contribution in [1.29, 1.82) is 0 Å². The quantitative estimate of drug-likeness (QED) is 0.761. The molecule has 21 heavy (non-hydrogen) atoms. The summed E-state index contributed by atoms with van der Waals surface area (Å²) in [6.45, 7) is -0.947. The Kier molecular flexibility index (Phi) is 5.27. The normalized spacial score (nSPS) is 15.0. The Morgan fingerprint density at radius 1 is 1.38 bits per heavy atom. The van der Waals surface area contributed by atoms with Crippen LogP contribution in [0.2, 0.25) is 0 Å². The number of hydrogen-bond acceptors (Lipinski definition) is 2. The number of nitrogens with zero attached hydrogens (tertiary/aromatic N) is 1. The van der Waals surface area contributed by atoms with E-state index in [9.17, 15) is 18.0 Å². The second kappa shape index (κ2) is 6.79. The fourth-order valence-electron chi connectivity index (χ4n) is 2.31. The number of hydrogen-bond donors (Lipinski definition) is 0. The van der Waals surface area contributed by atoms with E-state index in [0.717, 1.165) is 28.6 Å². The van der Waals surface area contributed by atoms with Crippen molar-refractivity contribution in [1.82, 2.24) is 0 Å². The molecule has 3 nitrogen and oxygen atoms in total. The Labute approximate surface area is 129 Å². The smallest absolute Gasteiger partial charge is 0.372 e. The van der Waals surface area contributed by atoms with Crippen molar-refractivity contribution in [3.63, 3.8) is 0 Å². The molecule has 7 heteroatoms. The van der Waals surface area contributed by atoms with E-state index in [1.165, 1.54) is 0 Å². The molecular formula is C14H15BrF3NO2. The summed E-state index contributed by atoms with van der Waals surface area (Å²) in [4.78, 5) is 13.8. The molecule has 116 valence electrons. The van der Waals surface area contributed by atoms with Crippen molar-refractivity contribution in [3.05, 3.63) is 28.2 Å². The van der Waals surface area contributed by atoms with Crippen LogP contribution in [0.25, 0.3) is 0 Å². The third-order valence-electron chi connectivity index (χ3n) is 3.19. The van der Waals surface area contributed by atoms with Gasteiger partial charge in [0.05, 0.1) is 13.0 Å². The van der Waals surface area contributed by atoms with Gasteiger partial charge in [0.2, 0.25) is 5.91 Å². The van der Waals surface area contributed by atoms with Crippen molar-refractivity contribution in [2.45, 2.75) is 25.4 Å². The number of anilines is 1. The molecule has 0 bridgehead atoms. The maximum Gasteiger partial charge on any atom is 0.411 e. The van der Waals surface area contributed by atoms with E-state index in [4.69, 9.17) is 0 Å². The number of aryl methyl sites for hydroxylation is 1. The highest BCUT2D eigenvalue weighted by Gasteiger charge is 2.28. The minimum Gasteiger partial charge on any atom is -0.372 e. The molecule has 0 N–H and O–H groups in total. The fraction of sp³-hybridized carbons (Fsp3) is 0.500. The van der Waals surface area contributed by atoms with Gasteiger partial charge in [-0.3, -0.25) is 4.79 Å². The van der Waals surface area contributed by atoms with E-state index in [1.54, 1.807) is 4.90 Å². The van der Waals surface area contributed by atoms with Crippen LogP contribution < -0.4 is 4.90 Å². The van der Waals surface area contributed by atoms with E-state index in [0.29, 0.717) is 6.54 Å². The highest BCUT2D eigenvalue weighted by atomic mass is 79.9. The monoisotopic (exact) mass is 365 g/mol. The van der Waals surface area contributed by atoms with Gasteiger partial charge in [-0.25, -0.2) is 0 Å². The summed E-state index contributed by atoms with van der Waals surface area (Å²) in [6.07, 6.45) is -2.67. The molecular weight excluding hydrogens is 351 g/mol. The van der Waals surface area contributed by atoms with Crippen molar-refractivity contribution in [3.8, 4) is 0 Å². The fourth-order valence-corrected chi connectivity index (χ4v) is 2.72. The number of carbonyl (C=O) groups excluding carboxylic acids is 1. The second-order valence-corrected chi connectivity index (χ2v) is 5.76. The number of rotatable bonds is 4. The first-order chi connectivity index (χ1) is 9.87. The number of alkyl halides is 3. The van der Waals surface area contributed by atoms with Crippen LogP contribution in [-0.2, 0) is 16.0 Å². The van der Waals surface area contributed by atoms with Gasteiger partial charge in [0.25, 0.3) is 0 Å². The zero-order chi connectivity index (χ0) is 15.5. The maximum atomic E-state index is 12.1. The molecule has 1 aliphatic heterocycles. The van der Waals surface area contributed by atoms with Gasteiger partial charge in [-0.1, -0.05) is 15.9 Å². The highest BCUT2D eigenvalue weighted by Crippen LogP contribution is 2.30. The molecule has 0 unspecified atom stereocenters. The minimum atomic E-state index is -4.35. The van der Waals surface area contributed by atoms with Gasteiger partial charge < -0.3 is 9.64 Å². The van der Waals surface area contributed by atoms with Gasteiger partial charge >= 0.3 is 6.18 Å². The summed E-state index contributed by atoms with van der Waals surface area (Å²) in [5.74, 6) is -0.208. The molecule has 1 amide bonds. The topological polar surface area (TPSA) is 29.5 Å². The lowest BCUT2D eigenvalue weighted by Crippen LogP contribution is -2.36. The van der Waals surface area contributed by atoms with E-state index >= 15 is 0 Å². The molecule has 0 fully saturated rings. The molecule has 0 spiro atoms. The lowest BCUT2D eigenvalue weighted by Gasteiger charge is -2.29. The third-order valence-corrected chi connectivity index (χ3v) is 3.68. The summed E-state index contributed by atoms with van der Waals surface area (Å²) in [6, 6.07) is 5.67. The molecule has 0 aromatic heterocycles. The Hall–Kier alpha value is -1.08. The molecule has 0 saturated heterocycles. The van der Waals surface area contributed by atoms with Crippen molar-refractivity contribution >= 4 is 27.5 Å². The number of amides is 1. The average molecular weight is 366 g/mol. The summed E-state index contributed by atoms with van der Waals surface area (Å²) >= 11 is 3.39. The van der Waals surface area contributed by atoms with Crippen molar-refractivity contribution in [2.24, 2.45) is 0 Å². The number of benzene rings is 1. The zero-order valence-electron chi connectivity index (χ0n) is 11.3. The summed E-state index contributed by atoms with van der Waals surface area (Å²) < 4.78 is 41.3. The number of ether oxygens (including phenoxy) is 1. The molecule has 1 aromatic carbocycles. The van der Waals surface area contributed by atoms with Crippen LogP contribution in [0, 0.1) is 0 Å². The Morgan fingerprint density at radius 2 is 2.14 bits per heavy atom. The van der Waals surface area contributed by atoms with Gasteiger partial charge in [0, 0.05) is 16.7 Å². The average Bonchev–Trinajstić information content (AvgIpc) is 2.41. The predicted molar refractivity (Wildman–Crippen MR) is 76.3 cm³/mol. The first kappa shape index (κ1) is 16.3. The maximum absolute atomic E-state index is 12.1. The molecule has 0 atom stereocenters. The van der Waals surface area contributed by atoms with E-state index < -0.39 is 12.8 Å². The van der Waals surface area contributed by atoms with Crippen LogP contribution in [0.1, 0.15) is 18.4 Å². The summed E-state index contributed by atoms with van der Waals surface area (Å²) in [5, 5.41) is 0. The number of fused-ring (bicyclic) bond motifs is 1. The molecule has 0 saturated carbocycles. The van der Waals surface area contributed by atoms with Crippen LogP contribution in [0.15, 0.2) is 22.7 Å². The zero-order valence-corrected chi connectivity index (χ0v) is 12.8. The van der Waals surface area contributed by atoms with E-state index in [1.807, 2.05) is 18.2 Å². The lowest BCUT2D eigenvalue weighted by molar-refractivity contribution is -0.174. The van der Waals surface area contributed by atoms with Gasteiger partial charge in [-0.2, -0.15) is 13.2 Å². The van der Waals surface area contributed by atoms with Crippen molar-refractivity contribution in [2.75, 3.05) is 24.7 Å². The summed E-state index contributed by atoms with van der Waals surface area (Å²) in [5.41, 5.74) is 1.91. The van der Waals surface area contributed by atoms with Gasteiger partial charge in [-0.15, -0.1) is 0 Å². The van der Waals surface area contributed by atoms with Crippen LogP contribution in [0.4, 0.5) is 18.9 Å². The minimum absolute atomic E-state index is 0.0500. The number of halogens is 4. The molecule has 2 rings (SSSR count). The lowest BCUT2D eigenvalue weighted by atomic mass is 10.0. The molecule has 1 aliphatic rings. The molecule has 0 radical (unpaired) electrons. The Morgan fingerprint density at radius 3 is 2.86 bits per heavy atom. The Balaban J connectivity index is 1.92. The van der Waals surface area contributed by atoms with Crippen molar-refractivity contribution < 1.29 is 22.7 Å². The van der Waals surface area contributed by atoms with E-state index in [-0.39, 0.29) is 18.9 Å². The van der Waals surface area contributed by atoms with Gasteiger partial charge in [0.15, 0.2) is 0 Å². The Bertz CT molecular complexity index is 519. The van der Waals surface area contributed by atoms with Crippen LogP contribution in [-0.4, -0.2) is 31.8 Å². The van der Waals surface area contributed by atoms with Gasteiger partial charge in [0.1, 0.15) is 6.61 Å². The van der Waals surface area contributed by atoms with Crippen LogP contribution in [0.5, 0.6) is 0 Å².